The maximum atomic E-state index is 6.16. The van der Waals surface area contributed by atoms with Crippen LogP contribution in [0.15, 0.2) is 12.7 Å². The molecule has 0 aliphatic heterocycles. The third-order valence-electron chi connectivity index (χ3n) is 3.27. The smallest absolute Gasteiger partial charge is 0.0163 e. The molecule has 1 rings (SSSR count). The van der Waals surface area contributed by atoms with Crippen LogP contribution in [0.3, 0.4) is 0 Å². The Morgan fingerprint density at radius 1 is 1.47 bits per heavy atom. The van der Waals surface area contributed by atoms with Gasteiger partial charge >= 0.3 is 0 Å². The summed E-state index contributed by atoms with van der Waals surface area (Å²) in [6.45, 7) is 12.6. The minimum absolute atomic E-state index is 0.226. The summed E-state index contributed by atoms with van der Waals surface area (Å²) in [5.41, 5.74) is 6.39. The average molecular weight is 210 g/mol. The molecule has 1 aliphatic rings. The SMILES string of the molecule is C=CCN(CCC(N)C(C)(C)C)C1CC1. The van der Waals surface area contributed by atoms with E-state index >= 15 is 0 Å². The van der Waals surface area contributed by atoms with Gasteiger partial charge in [-0.3, -0.25) is 4.90 Å². The van der Waals surface area contributed by atoms with E-state index in [2.05, 4.69) is 32.3 Å². The molecule has 1 saturated carbocycles. The zero-order chi connectivity index (χ0) is 11.5. The highest BCUT2D eigenvalue weighted by Crippen LogP contribution is 2.28. The van der Waals surface area contributed by atoms with Crippen molar-refractivity contribution in [3.8, 4) is 0 Å². The highest BCUT2D eigenvalue weighted by molar-refractivity contribution is 4.89. The van der Waals surface area contributed by atoms with Gasteiger partial charge in [-0.05, 0) is 24.7 Å². The van der Waals surface area contributed by atoms with E-state index in [1.807, 2.05) is 6.08 Å². The van der Waals surface area contributed by atoms with E-state index in [1.165, 1.54) is 12.8 Å². The van der Waals surface area contributed by atoms with Crippen molar-refractivity contribution in [3.63, 3.8) is 0 Å². The minimum Gasteiger partial charge on any atom is -0.327 e. The summed E-state index contributed by atoms with van der Waals surface area (Å²) in [6.07, 6.45) is 5.81. The summed E-state index contributed by atoms with van der Waals surface area (Å²) < 4.78 is 0. The Bertz CT molecular complexity index is 201. The predicted molar refractivity (Wildman–Crippen MR) is 66.8 cm³/mol. The molecule has 2 nitrogen and oxygen atoms in total. The maximum absolute atomic E-state index is 6.16. The van der Waals surface area contributed by atoms with Crippen LogP contribution in [0.25, 0.3) is 0 Å². The van der Waals surface area contributed by atoms with Gasteiger partial charge in [0.2, 0.25) is 0 Å². The minimum atomic E-state index is 0.226. The molecule has 1 aliphatic carbocycles. The van der Waals surface area contributed by atoms with Crippen molar-refractivity contribution in [2.45, 2.75) is 52.1 Å². The van der Waals surface area contributed by atoms with Crippen molar-refractivity contribution in [1.82, 2.24) is 4.90 Å². The van der Waals surface area contributed by atoms with Crippen molar-refractivity contribution >= 4 is 0 Å². The molecule has 0 aromatic carbocycles. The standard InChI is InChI=1S/C13H26N2/c1-5-9-15(11-6-7-11)10-8-12(14)13(2,3)4/h5,11-12H,1,6-10,14H2,2-4H3. The van der Waals surface area contributed by atoms with Crippen LogP contribution >= 0.6 is 0 Å². The van der Waals surface area contributed by atoms with Gasteiger partial charge in [-0.15, -0.1) is 6.58 Å². The number of rotatable bonds is 6. The summed E-state index contributed by atoms with van der Waals surface area (Å²) in [5.74, 6) is 0. The highest BCUT2D eigenvalue weighted by Gasteiger charge is 2.29. The first-order valence-electron chi connectivity index (χ1n) is 6.05. The van der Waals surface area contributed by atoms with E-state index in [4.69, 9.17) is 5.73 Å². The quantitative estimate of drug-likeness (QED) is 0.682. The van der Waals surface area contributed by atoms with Gasteiger partial charge in [0.05, 0.1) is 0 Å². The zero-order valence-corrected chi connectivity index (χ0v) is 10.5. The average Bonchev–Trinajstić information content (AvgIpc) is 2.93. The Morgan fingerprint density at radius 2 is 2.07 bits per heavy atom. The molecular formula is C13H26N2. The fraction of sp³-hybridized carbons (Fsp3) is 0.846. The van der Waals surface area contributed by atoms with Crippen molar-refractivity contribution in [2.75, 3.05) is 13.1 Å². The van der Waals surface area contributed by atoms with Crippen molar-refractivity contribution in [3.05, 3.63) is 12.7 Å². The van der Waals surface area contributed by atoms with E-state index in [9.17, 15) is 0 Å². The lowest BCUT2D eigenvalue weighted by atomic mass is 9.85. The molecule has 2 heteroatoms. The second-order valence-electron chi connectivity index (χ2n) is 5.78. The summed E-state index contributed by atoms with van der Waals surface area (Å²) in [6, 6.07) is 1.11. The Kier molecular flexibility index (Phi) is 4.35. The predicted octanol–water partition coefficient (Wildman–Crippen LogP) is 2.40. The lowest BCUT2D eigenvalue weighted by Crippen LogP contribution is -2.39. The van der Waals surface area contributed by atoms with E-state index < -0.39 is 0 Å². The van der Waals surface area contributed by atoms with Gasteiger partial charge in [0.1, 0.15) is 0 Å². The maximum Gasteiger partial charge on any atom is 0.0163 e. The topological polar surface area (TPSA) is 29.3 Å². The Labute approximate surface area is 94.5 Å². The van der Waals surface area contributed by atoms with Crippen LogP contribution in [0, 0.1) is 5.41 Å². The molecule has 0 bridgehead atoms. The number of hydrogen-bond donors (Lipinski definition) is 1. The molecule has 1 atom stereocenters. The van der Waals surface area contributed by atoms with E-state index in [0.717, 1.165) is 25.6 Å². The monoisotopic (exact) mass is 210 g/mol. The third-order valence-corrected chi connectivity index (χ3v) is 3.27. The zero-order valence-electron chi connectivity index (χ0n) is 10.5. The lowest BCUT2D eigenvalue weighted by Gasteiger charge is -2.29. The molecule has 0 amide bonds. The Morgan fingerprint density at radius 3 is 2.47 bits per heavy atom. The van der Waals surface area contributed by atoms with Gasteiger partial charge in [0.25, 0.3) is 0 Å². The van der Waals surface area contributed by atoms with Crippen molar-refractivity contribution in [1.29, 1.82) is 0 Å². The fourth-order valence-corrected chi connectivity index (χ4v) is 1.77. The van der Waals surface area contributed by atoms with Crippen LogP contribution in [0.5, 0.6) is 0 Å². The van der Waals surface area contributed by atoms with Gasteiger partial charge < -0.3 is 5.73 Å². The van der Waals surface area contributed by atoms with E-state index in [1.54, 1.807) is 0 Å². The number of nitrogens with zero attached hydrogens (tertiary/aromatic N) is 1. The fourth-order valence-electron chi connectivity index (χ4n) is 1.77. The summed E-state index contributed by atoms with van der Waals surface area (Å²) in [7, 11) is 0. The second-order valence-corrected chi connectivity index (χ2v) is 5.78. The molecule has 0 radical (unpaired) electrons. The van der Waals surface area contributed by atoms with Crippen LogP contribution in [-0.4, -0.2) is 30.1 Å². The summed E-state index contributed by atoms with van der Waals surface area (Å²) in [4.78, 5) is 2.51. The molecule has 1 fully saturated rings. The first-order valence-corrected chi connectivity index (χ1v) is 6.05. The molecule has 0 aromatic heterocycles. The van der Waals surface area contributed by atoms with E-state index in [-0.39, 0.29) is 5.41 Å². The summed E-state index contributed by atoms with van der Waals surface area (Å²) >= 11 is 0. The number of nitrogens with two attached hydrogens (primary N) is 1. The molecule has 88 valence electrons. The molecule has 2 N–H and O–H groups in total. The molecule has 0 aromatic rings. The van der Waals surface area contributed by atoms with Crippen LogP contribution < -0.4 is 5.73 Å². The van der Waals surface area contributed by atoms with Crippen LogP contribution in [0.1, 0.15) is 40.0 Å². The van der Waals surface area contributed by atoms with Gasteiger partial charge in [-0.1, -0.05) is 26.8 Å². The third kappa shape index (κ3) is 4.35. The summed E-state index contributed by atoms with van der Waals surface area (Å²) in [5, 5.41) is 0. The second kappa shape index (κ2) is 5.13. The van der Waals surface area contributed by atoms with E-state index in [0.29, 0.717) is 6.04 Å². The largest absolute Gasteiger partial charge is 0.327 e. The van der Waals surface area contributed by atoms with Gasteiger partial charge in [0.15, 0.2) is 0 Å². The number of hydrogen-bond acceptors (Lipinski definition) is 2. The molecule has 0 heterocycles. The molecule has 0 spiro atoms. The Balaban J connectivity index is 2.29. The Hall–Kier alpha value is -0.340. The molecule has 1 unspecified atom stereocenters. The molecular weight excluding hydrogens is 184 g/mol. The molecule has 0 saturated heterocycles. The van der Waals surface area contributed by atoms with Gasteiger partial charge in [0, 0.05) is 25.2 Å². The lowest BCUT2D eigenvalue weighted by molar-refractivity contribution is 0.236. The van der Waals surface area contributed by atoms with Gasteiger partial charge in [-0.2, -0.15) is 0 Å². The van der Waals surface area contributed by atoms with Crippen LogP contribution in [-0.2, 0) is 0 Å². The van der Waals surface area contributed by atoms with Crippen molar-refractivity contribution in [2.24, 2.45) is 11.1 Å². The van der Waals surface area contributed by atoms with Gasteiger partial charge in [-0.25, -0.2) is 0 Å². The van der Waals surface area contributed by atoms with Crippen molar-refractivity contribution < 1.29 is 0 Å². The first kappa shape index (κ1) is 12.7. The van der Waals surface area contributed by atoms with Crippen LogP contribution in [0.2, 0.25) is 0 Å². The highest BCUT2D eigenvalue weighted by atomic mass is 15.2. The molecule has 15 heavy (non-hydrogen) atoms. The first-order chi connectivity index (χ1) is 6.95. The normalized spacial score (nSPS) is 19.3. The van der Waals surface area contributed by atoms with Crippen LogP contribution in [0.4, 0.5) is 0 Å².